The zero-order chi connectivity index (χ0) is 15.3. The second-order valence-electron chi connectivity index (χ2n) is 5.30. The molecule has 1 aromatic carbocycles. The van der Waals surface area contributed by atoms with Gasteiger partial charge in [0.1, 0.15) is 5.69 Å². The molecule has 1 N–H and O–H groups in total. The fourth-order valence-corrected chi connectivity index (χ4v) is 1.72. The highest BCUT2D eigenvalue weighted by Crippen LogP contribution is 2.26. The summed E-state index contributed by atoms with van der Waals surface area (Å²) >= 11 is 0. The van der Waals surface area contributed by atoms with Crippen LogP contribution in [0, 0.1) is 16.0 Å². The molecule has 0 atom stereocenters. The zero-order valence-electron chi connectivity index (χ0n) is 12.3. The summed E-state index contributed by atoms with van der Waals surface area (Å²) in [5, 5.41) is 14.2. The molecule has 0 spiro atoms. The second kappa shape index (κ2) is 6.88. The Labute approximate surface area is 118 Å². The van der Waals surface area contributed by atoms with E-state index < -0.39 is 4.92 Å². The van der Waals surface area contributed by atoms with E-state index in [1.165, 1.54) is 11.0 Å². The number of nitrogens with one attached hydrogen (secondary N) is 1. The Morgan fingerprint density at radius 1 is 1.40 bits per heavy atom. The van der Waals surface area contributed by atoms with Gasteiger partial charge in [-0.15, -0.1) is 0 Å². The van der Waals surface area contributed by atoms with E-state index in [4.69, 9.17) is 0 Å². The van der Waals surface area contributed by atoms with Gasteiger partial charge >= 0.3 is 0 Å². The summed E-state index contributed by atoms with van der Waals surface area (Å²) in [5.41, 5.74) is 0.698. The van der Waals surface area contributed by atoms with Gasteiger partial charge in [0.2, 0.25) is 0 Å². The lowest BCUT2D eigenvalue weighted by Crippen LogP contribution is -2.21. The molecule has 0 fully saturated rings. The Morgan fingerprint density at radius 3 is 2.55 bits per heavy atom. The van der Waals surface area contributed by atoms with Crippen molar-refractivity contribution in [3.8, 4) is 0 Å². The van der Waals surface area contributed by atoms with Crippen LogP contribution in [0.4, 0.5) is 11.4 Å². The quantitative estimate of drug-likeness (QED) is 0.641. The summed E-state index contributed by atoms with van der Waals surface area (Å²) in [6.07, 6.45) is 0.926. The fourth-order valence-electron chi connectivity index (χ4n) is 1.72. The molecule has 0 radical (unpaired) electrons. The van der Waals surface area contributed by atoms with E-state index in [1.54, 1.807) is 26.2 Å². The molecule has 110 valence electrons. The second-order valence-corrected chi connectivity index (χ2v) is 5.30. The molecule has 0 bridgehead atoms. The minimum Gasteiger partial charge on any atom is -0.379 e. The number of nitrogens with zero attached hydrogens (tertiary/aromatic N) is 2. The van der Waals surface area contributed by atoms with Crippen LogP contribution < -0.4 is 5.32 Å². The lowest BCUT2D eigenvalue weighted by Gasteiger charge is -2.12. The van der Waals surface area contributed by atoms with Gasteiger partial charge in [0, 0.05) is 32.3 Å². The molecule has 0 aliphatic carbocycles. The summed E-state index contributed by atoms with van der Waals surface area (Å²) in [6, 6.07) is 4.52. The van der Waals surface area contributed by atoms with E-state index in [9.17, 15) is 14.9 Å². The molecule has 1 rings (SSSR count). The van der Waals surface area contributed by atoms with Gasteiger partial charge in [-0.1, -0.05) is 13.8 Å². The predicted octanol–water partition coefficient (Wildman–Crippen LogP) is 2.75. The molecule has 20 heavy (non-hydrogen) atoms. The minimum atomic E-state index is -0.468. The van der Waals surface area contributed by atoms with Gasteiger partial charge in [0.05, 0.1) is 4.92 Å². The van der Waals surface area contributed by atoms with Crippen LogP contribution in [-0.4, -0.2) is 36.4 Å². The molecule has 1 amide bonds. The molecule has 1 aromatic rings. The number of amides is 1. The maximum Gasteiger partial charge on any atom is 0.293 e. The molecule has 0 heterocycles. The van der Waals surface area contributed by atoms with Crippen molar-refractivity contribution in [1.82, 2.24) is 4.90 Å². The van der Waals surface area contributed by atoms with Gasteiger partial charge in [0.25, 0.3) is 11.6 Å². The van der Waals surface area contributed by atoms with Crippen molar-refractivity contribution < 1.29 is 9.72 Å². The highest BCUT2D eigenvalue weighted by Gasteiger charge is 2.18. The maximum absolute atomic E-state index is 11.8. The van der Waals surface area contributed by atoms with Crippen molar-refractivity contribution in [2.45, 2.75) is 20.3 Å². The van der Waals surface area contributed by atoms with Crippen LogP contribution in [0.1, 0.15) is 30.6 Å². The number of carbonyl (C=O) groups is 1. The van der Waals surface area contributed by atoms with E-state index in [0.717, 1.165) is 6.42 Å². The van der Waals surface area contributed by atoms with Crippen molar-refractivity contribution in [2.75, 3.05) is 26.0 Å². The van der Waals surface area contributed by atoms with Crippen LogP contribution in [0.2, 0.25) is 0 Å². The SMILES string of the molecule is CC(C)CCNc1ccc(C(=O)N(C)C)cc1[N+](=O)[O-]. The van der Waals surface area contributed by atoms with Gasteiger partial charge in [-0.2, -0.15) is 0 Å². The van der Waals surface area contributed by atoms with Crippen LogP contribution in [0.5, 0.6) is 0 Å². The standard InChI is InChI=1S/C14H21N3O3/c1-10(2)7-8-15-12-6-5-11(14(18)16(3)4)9-13(12)17(19)20/h5-6,9-10,15H,7-8H2,1-4H3. The predicted molar refractivity (Wildman–Crippen MR) is 79.1 cm³/mol. The first-order valence-electron chi connectivity index (χ1n) is 6.57. The molecule has 0 saturated carbocycles. The molecule has 0 aromatic heterocycles. The van der Waals surface area contributed by atoms with Gasteiger partial charge in [-0.25, -0.2) is 0 Å². The molecule has 0 aliphatic rings. The molecular weight excluding hydrogens is 258 g/mol. The van der Waals surface area contributed by atoms with Crippen molar-refractivity contribution in [3.63, 3.8) is 0 Å². The molecular formula is C14H21N3O3. The summed E-state index contributed by atoms with van der Waals surface area (Å²) < 4.78 is 0. The monoisotopic (exact) mass is 279 g/mol. The lowest BCUT2D eigenvalue weighted by molar-refractivity contribution is -0.384. The first-order valence-corrected chi connectivity index (χ1v) is 6.57. The van der Waals surface area contributed by atoms with E-state index in [0.29, 0.717) is 23.7 Å². The van der Waals surface area contributed by atoms with Gasteiger partial charge < -0.3 is 10.2 Å². The average molecular weight is 279 g/mol. The summed E-state index contributed by atoms with van der Waals surface area (Å²) in [7, 11) is 3.23. The lowest BCUT2D eigenvalue weighted by atomic mass is 10.1. The molecule has 0 unspecified atom stereocenters. The van der Waals surface area contributed by atoms with Crippen LogP contribution >= 0.6 is 0 Å². The summed E-state index contributed by atoms with van der Waals surface area (Å²) in [5.74, 6) is 0.276. The van der Waals surface area contributed by atoms with Crippen molar-refractivity contribution >= 4 is 17.3 Å². The molecule has 6 nitrogen and oxygen atoms in total. The Bertz CT molecular complexity index is 498. The summed E-state index contributed by atoms with van der Waals surface area (Å²) in [4.78, 5) is 23.8. The average Bonchev–Trinajstić information content (AvgIpc) is 2.37. The number of nitro groups is 1. The summed E-state index contributed by atoms with van der Waals surface area (Å²) in [6.45, 7) is 4.85. The third-order valence-corrected chi connectivity index (χ3v) is 2.88. The Balaban J connectivity index is 2.96. The van der Waals surface area contributed by atoms with Crippen LogP contribution in [0.3, 0.4) is 0 Å². The third kappa shape index (κ3) is 4.22. The first-order chi connectivity index (χ1) is 9.32. The third-order valence-electron chi connectivity index (χ3n) is 2.88. The number of carbonyl (C=O) groups excluding carboxylic acids is 1. The molecule has 6 heteroatoms. The molecule has 0 saturated heterocycles. The Kier molecular flexibility index (Phi) is 5.49. The normalized spacial score (nSPS) is 10.4. The number of rotatable bonds is 6. The fraction of sp³-hybridized carbons (Fsp3) is 0.500. The Hall–Kier alpha value is -2.11. The molecule has 0 aliphatic heterocycles. The number of hydrogen-bond acceptors (Lipinski definition) is 4. The van der Waals surface area contributed by atoms with E-state index in [1.807, 2.05) is 0 Å². The number of nitro benzene ring substituents is 1. The smallest absolute Gasteiger partial charge is 0.293 e. The van der Waals surface area contributed by atoms with Crippen molar-refractivity contribution in [1.29, 1.82) is 0 Å². The van der Waals surface area contributed by atoms with Gasteiger partial charge in [0.15, 0.2) is 0 Å². The van der Waals surface area contributed by atoms with E-state index in [2.05, 4.69) is 19.2 Å². The number of benzene rings is 1. The van der Waals surface area contributed by atoms with Crippen LogP contribution in [0.25, 0.3) is 0 Å². The van der Waals surface area contributed by atoms with E-state index in [-0.39, 0.29) is 11.6 Å². The highest BCUT2D eigenvalue weighted by molar-refractivity contribution is 5.95. The Morgan fingerprint density at radius 2 is 2.05 bits per heavy atom. The largest absolute Gasteiger partial charge is 0.379 e. The van der Waals surface area contributed by atoms with E-state index >= 15 is 0 Å². The van der Waals surface area contributed by atoms with Gasteiger partial charge in [-0.3, -0.25) is 14.9 Å². The van der Waals surface area contributed by atoms with Crippen molar-refractivity contribution in [2.24, 2.45) is 5.92 Å². The van der Waals surface area contributed by atoms with Gasteiger partial charge in [-0.05, 0) is 24.5 Å². The number of hydrogen-bond donors (Lipinski definition) is 1. The first kappa shape index (κ1) is 15.9. The maximum atomic E-state index is 11.8. The zero-order valence-corrected chi connectivity index (χ0v) is 12.3. The van der Waals surface area contributed by atoms with Crippen molar-refractivity contribution in [3.05, 3.63) is 33.9 Å². The topological polar surface area (TPSA) is 75.5 Å². The minimum absolute atomic E-state index is 0.0681. The number of anilines is 1. The highest BCUT2D eigenvalue weighted by atomic mass is 16.6. The van der Waals surface area contributed by atoms with Crippen LogP contribution in [-0.2, 0) is 0 Å². The van der Waals surface area contributed by atoms with Crippen LogP contribution in [0.15, 0.2) is 18.2 Å².